The summed E-state index contributed by atoms with van der Waals surface area (Å²) in [7, 11) is 0. The van der Waals surface area contributed by atoms with Crippen LogP contribution in [0.1, 0.15) is 51.4 Å². The summed E-state index contributed by atoms with van der Waals surface area (Å²) in [5.74, 6) is 2.19. The van der Waals surface area contributed by atoms with E-state index in [1.165, 1.54) is 44.9 Å². The first kappa shape index (κ1) is 11.3. The third-order valence-electron chi connectivity index (χ3n) is 5.59. The number of nitrogens with zero attached hydrogens (tertiary/aromatic N) is 1. The second kappa shape index (κ2) is 4.22. The SMILES string of the molecule is O=C1C(NC2CC2)CCCN1C1CC2CCC1C2. The Hall–Kier alpha value is -0.570. The summed E-state index contributed by atoms with van der Waals surface area (Å²) in [6, 6.07) is 1.39. The molecule has 0 aromatic carbocycles. The van der Waals surface area contributed by atoms with Gasteiger partial charge in [0.05, 0.1) is 6.04 Å². The van der Waals surface area contributed by atoms with Gasteiger partial charge in [-0.3, -0.25) is 4.79 Å². The molecule has 1 aliphatic heterocycles. The van der Waals surface area contributed by atoms with Crippen LogP contribution in [0.25, 0.3) is 0 Å². The average molecular weight is 248 g/mol. The highest BCUT2D eigenvalue weighted by atomic mass is 16.2. The molecule has 4 aliphatic rings. The molecule has 0 aromatic heterocycles. The predicted octanol–water partition coefficient (Wildman–Crippen LogP) is 1.92. The smallest absolute Gasteiger partial charge is 0.239 e. The molecule has 100 valence electrons. The Morgan fingerprint density at radius 2 is 1.94 bits per heavy atom. The quantitative estimate of drug-likeness (QED) is 0.827. The topological polar surface area (TPSA) is 32.3 Å². The van der Waals surface area contributed by atoms with E-state index in [0.717, 1.165) is 24.8 Å². The molecule has 1 N–H and O–H groups in total. The molecule has 18 heavy (non-hydrogen) atoms. The Labute approximate surface area is 109 Å². The maximum Gasteiger partial charge on any atom is 0.239 e. The van der Waals surface area contributed by atoms with Gasteiger partial charge in [0.2, 0.25) is 5.91 Å². The van der Waals surface area contributed by atoms with Crippen LogP contribution >= 0.6 is 0 Å². The lowest BCUT2D eigenvalue weighted by molar-refractivity contribution is -0.139. The number of likely N-dealkylation sites (tertiary alicyclic amines) is 1. The number of hydrogen-bond acceptors (Lipinski definition) is 2. The van der Waals surface area contributed by atoms with E-state index in [-0.39, 0.29) is 6.04 Å². The number of carbonyl (C=O) groups is 1. The van der Waals surface area contributed by atoms with Crippen LogP contribution in [0.4, 0.5) is 0 Å². The third-order valence-corrected chi connectivity index (χ3v) is 5.59. The fourth-order valence-corrected chi connectivity index (χ4v) is 4.51. The fourth-order valence-electron chi connectivity index (χ4n) is 4.51. The van der Waals surface area contributed by atoms with Gasteiger partial charge in [0, 0.05) is 18.6 Å². The lowest BCUT2D eigenvalue weighted by Gasteiger charge is -2.40. The molecule has 2 bridgehead atoms. The van der Waals surface area contributed by atoms with Gasteiger partial charge in [0.15, 0.2) is 0 Å². The standard InChI is InChI=1S/C15H24N2O/c18-15-13(16-12-5-6-12)2-1-7-17(15)14-9-10-3-4-11(14)8-10/h10-14,16H,1-9H2. The van der Waals surface area contributed by atoms with Gasteiger partial charge >= 0.3 is 0 Å². The van der Waals surface area contributed by atoms with Gasteiger partial charge in [-0.25, -0.2) is 0 Å². The molecule has 3 aliphatic carbocycles. The molecule has 1 heterocycles. The average Bonchev–Trinajstić information content (AvgIpc) is 2.95. The highest BCUT2D eigenvalue weighted by molar-refractivity contribution is 5.83. The van der Waals surface area contributed by atoms with Gasteiger partial charge in [0.25, 0.3) is 0 Å². The zero-order valence-electron chi connectivity index (χ0n) is 11.1. The fraction of sp³-hybridized carbons (Fsp3) is 0.933. The summed E-state index contributed by atoms with van der Waals surface area (Å²) in [5, 5.41) is 3.55. The Bertz CT molecular complexity index is 352. The van der Waals surface area contributed by atoms with Crippen molar-refractivity contribution in [2.24, 2.45) is 11.8 Å². The van der Waals surface area contributed by atoms with E-state index in [0.29, 0.717) is 18.0 Å². The van der Waals surface area contributed by atoms with Crippen molar-refractivity contribution >= 4 is 5.91 Å². The molecule has 4 unspecified atom stereocenters. The van der Waals surface area contributed by atoms with Gasteiger partial charge < -0.3 is 10.2 Å². The Morgan fingerprint density at radius 3 is 2.61 bits per heavy atom. The summed E-state index contributed by atoms with van der Waals surface area (Å²) >= 11 is 0. The molecule has 0 radical (unpaired) electrons. The summed E-state index contributed by atoms with van der Waals surface area (Å²) in [6.45, 7) is 1.02. The molecule has 1 saturated heterocycles. The van der Waals surface area contributed by atoms with Crippen molar-refractivity contribution in [1.29, 1.82) is 0 Å². The molecular formula is C15H24N2O. The van der Waals surface area contributed by atoms with Crippen molar-refractivity contribution < 1.29 is 4.79 Å². The van der Waals surface area contributed by atoms with Crippen LogP contribution in [0.2, 0.25) is 0 Å². The number of rotatable bonds is 3. The molecule has 4 fully saturated rings. The normalized spacial score (nSPS) is 43.8. The minimum atomic E-state index is 0.144. The van der Waals surface area contributed by atoms with Crippen molar-refractivity contribution in [3.05, 3.63) is 0 Å². The van der Waals surface area contributed by atoms with E-state index >= 15 is 0 Å². The number of fused-ring (bicyclic) bond motifs is 2. The van der Waals surface area contributed by atoms with Crippen molar-refractivity contribution in [3.8, 4) is 0 Å². The highest BCUT2D eigenvalue weighted by Crippen LogP contribution is 2.47. The molecular weight excluding hydrogens is 224 g/mol. The molecule has 0 aromatic rings. The Kier molecular flexibility index (Phi) is 2.65. The van der Waals surface area contributed by atoms with Crippen molar-refractivity contribution in [2.75, 3.05) is 6.54 Å². The Morgan fingerprint density at radius 1 is 1.06 bits per heavy atom. The van der Waals surface area contributed by atoms with E-state index < -0.39 is 0 Å². The van der Waals surface area contributed by atoms with E-state index in [9.17, 15) is 4.79 Å². The second-order valence-corrected chi connectivity index (χ2v) is 6.91. The first-order chi connectivity index (χ1) is 8.81. The van der Waals surface area contributed by atoms with Gasteiger partial charge in [-0.2, -0.15) is 0 Å². The van der Waals surface area contributed by atoms with Crippen LogP contribution in [0.15, 0.2) is 0 Å². The largest absolute Gasteiger partial charge is 0.338 e. The van der Waals surface area contributed by atoms with Crippen LogP contribution in [-0.2, 0) is 4.79 Å². The maximum absolute atomic E-state index is 12.6. The number of hydrogen-bond donors (Lipinski definition) is 1. The van der Waals surface area contributed by atoms with Crippen LogP contribution in [-0.4, -0.2) is 35.5 Å². The van der Waals surface area contributed by atoms with Gasteiger partial charge in [-0.15, -0.1) is 0 Å². The zero-order valence-corrected chi connectivity index (χ0v) is 11.1. The van der Waals surface area contributed by atoms with Gasteiger partial charge in [-0.05, 0) is 56.8 Å². The van der Waals surface area contributed by atoms with Crippen LogP contribution in [0.5, 0.6) is 0 Å². The van der Waals surface area contributed by atoms with Crippen molar-refractivity contribution in [3.63, 3.8) is 0 Å². The van der Waals surface area contributed by atoms with E-state index in [2.05, 4.69) is 10.2 Å². The molecule has 3 nitrogen and oxygen atoms in total. The molecule has 4 rings (SSSR count). The summed E-state index contributed by atoms with van der Waals surface area (Å²) in [4.78, 5) is 14.9. The number of nitrogens with one attached hydrogen (secondary N) is 1. The molecule has 0 spiro atoms. The second-order valence-electron chi connectivity index (χ2n) is 6.91. The highest BCUT2D eigenvalue weighted by Gasteiger charge is 2.45. The number of carbonyl (C=O) groups excluding carboxylic acids is 1. The lowest BCUT2D eigenvalue weighted by Crippen LogP contribution is -2.55. The molecule has 3 heteroatoms. The maximum atomic E-state index is 12.6. The molecule has 3 saturated carbocycles. The first-order valence-electron chi connectivity index (χ1n) is 7.88. The third kappa shape index (κ3) is 1.87. The van der Waals surface area contributed by atoms with Gasteiger partial charge in [-0.1, -0.05) is 6.42 Å². The molecule has 4 atom stereocenters. The Balaban J connectivity index is 1.45. The monoisotopic (exact) mass is 248 g/mol. The van der Waals surface area contributed by atoms with Crippen LogP contribution in [0.3, 0.4) is 0 Å². The summed E-state index contributed by atoms with van der Waals surface area (Å²) < 4.78 is 0. The summed E-state index contributed by atoms with van der Waals surface area (Å²) in [5.41, 5.74) is 0. The minimum Gasteiger partial charge on any atom is -0.338 e. The number of amides is 1. The predicted molar refractivity (Wildman–Crippen MR) is 70.1 cm³/mol. The van der Waals surface area contributed by atoms with Crippen LogP contribution in [0, 0.1) is 11.8 Å². The minimum absolute atomic E-state index is 0.144. The molecule has 1 amide bonds. The van der Waals surface area contributed by atoms with Gasteiger partial charge in [0.1, 0.15) is 0 Å². The van der Waals surface area contributed by atoms with Crippen molar-refractivity contribution in [2.45, 2.75) is 69.5 Å². The van der Waals surface area contributed by atoms with E-state index in [4.69, 9.17) is 0 Å². The van der Waals surface area contributed by atoms with E-state index in [1.807, 2.05) is 0 Å². The number of piperidine rings is 1. The lowest BCUT2D eigenvalue weighted by atomic mass is 9.91. The summed E-state index contributed by atoms with van der Waals surface area (Å²) in [6.07, 6.45) is 10.3. The zero-order chi connectivity index (χ0) is 12.1. The van der Waals surface area contributed by atoms with Crippen LogP contribution < -0.4 is 5.32 Å². The van der Waals surface area contributed by atoms with E-state index in [1.54, 1.807) is 0 Å². The van der Waals surface area contributed by atoms with Crippen molar-refractivity contribution in [1.82, 2.24) is 10.2 Å². The first-order valence-corrected chi connectivity index (χ1v) is 7.88.